The average molecular weight is 351 g/mol. The molecule has 2 rings (SSSR count). The number of hydrogen-bond donors (Lipinski definition) is 2. The Bertz CT molecular complexity index is 692. The summed E-state index contributed by atoms with van der Waals surface area (Å²) < 4.78 is 2.51. The Hall–Kier alpha value is -2.15. The minimum absolute atomic E-state index is 0.380. The third kappa shape index (κ3) is 3.30. The molecule has 0 radical (unpaired) electrons. The molecule has 0 saturated heterocycles. The number of rotatable bonds is 2. The predicted octanol–water partition coefficient (Wildman–Crippen LogP) is 1.87. The lowest BCUT2D eigenvalue weighted by atomic mass is 10.2. The summed E-state index contributed by atoms with van der Waals surface area (Å²) in [4.78, 5) is 24.0. The van der Waals surface area contributed by atoms with Gasteiger partial charge in [0, 0.05) is 22.8 Å². The van der Waals surface area contributed by atoms with Crippen LogP contribution in [0.1, 0.15) is 32.1 Å². The molecule has 1 heterocycles. The summed E-state index contributed by atoms with van der Waals surface area (Å²) >= 11 is 3.29. The third-order valence-corrected chi connectivity index (χ3v) is 3.66. The van der Waals surface area contributed by atoms with Crippen molar-refractivity contribution >= 4 is 27.7 Å². The van der Waals surface area contributed by atoms with Crippen molar-refractivity contribution in [1.29, 1.82) is 0 Å². The largest absolute Gasteiger partial charge is 0.273 e. The number of carbonyl (C=O) groups is 2. The molecule has 21 heavy (non-hydrogen) atoms. The second-order valence-electron chi connectivity index (χ2n) is 4.58. The molecule has 7 heteroatoms. The minimum atomic E-state index is -0.386. The first-order valence-electron chi connectivity index (χ1n) is 6.26. The molecule has 1 aromatic heterocycles. The highest BCUT2D eigenvalue weighted by atomic mass is 79.9. The second-order valence-corrected chi connectivity index (χ2v) is 5.50. The van der Waals surface area contributed by atoms with Crippen molar-refractivity contribution in [3.63, 3.8) is 0 Å². The van der Waals surface area contributed by atoms with Gasteiger partial charge in [-0.1, -0.05) is 15.9 Å². The van der Waals surface area contributed by atoms with Crippen LogP contribution >= 0.6 is 15.9 Å². The van der Waals surface area contributed by atoms with Gasteiger partial charge in [-0.3, -0.25) is 25.1 Å². The van der Waals surface area contributed by atoms with Crippen molar-refractivity contribution in [3.8, 4) is 0 Å². The Morgan fingerprint density at radius 3 is 2.19 bits per heavy atom. The Morgan fingerprint density at radius 1 is 1.10 bits per heavy atom. The highest BCUT2D eigenvalue weighted by molar-refractivity contribution is 9.10. The molecule has 0 spiro atoms. The topological polar surface area (TPSA) is 76.0 Å². The summed E-state index contributed by atoms with van der Waals surface area (Å²) in [5.74, 6) is -0.765. The van der Waals surface area contributed by atoms with Gasteiger partial charge in [0.1, 0.15) is 0 Å². The van der Waals surface area contributed by atoms with E-state index in [9.17, 15) is 9.59 Å². The van der Waals surface area contributed by atoms with E-state index in [0.29, 0.717) is 16.8 Å². The van der Waals surface area contributed by atoms with E-state index in [1.54, 1.807) is 49.8 Å². The number of benzene rings is 1. The molecule has 0 unspecified atom stereocenters. The summed E-state index contributed by atoms with van der Waals surface area (Å²) in [5, 5.41) is 4.16. The number of hydrazine groups is 1. The van der Waals surface area contributed by atoms with Crippen LogP contribution in [-0.2, 0) is 7.05 Å². The molecule has 110 valence electrons. The normalized spacial score (nSPS) is 10.3. The maximum Gasteiger partial charge on any atom is 0.273 e. The lowest BCUT2D eigenvalue weighted by Gasteiger charge is -2.07. The van der Waals surface area contributed by atoms with E-state index >= 15 is 0 Å². The molecule has 0 bridgehead atoms. The first-order valence-corrected chi connectivity index (χ1v) is 7.06. The highest BCUT2D eigenvalue weighted by Gasteiger charge is 2.17. The van der Waals surface area contributed by atoms with Crippen LogP contribution in [0.15, 0.2) is 28.7 Å². The molecule has 2 aromatic rings. The number of carbonyl (C=O) groups excluding carboxylic acids is 2. The van der Waals surface area contributed by atoms with Crippen LogP contribution in [0, 0.1) is 13.8 Å². The van der Waals surface area contributed by atoms with Gasteiger partial charge in [-0.25, -0.2) is 0 Å². The van der Waals surface area contributed by atoms with E-state index in [2.05, 4.69) is 31.9 Å². The van der Waals surface area contributed by atoms with Crippen molar-refractivity contribution < 1.29 is 9.59 Å². The van der Waals surface area contributed by atoms with Gasteiger partial charge in [-0.05, 0) is 38.1 Å². The van der Waals surface area contributed by atoms with Crippen LogP contribution in [0.5, 0.6) is 0 Å². The summed E-state index contributed by atoms with van der Waals surface area (Å²) in [6.07, 6.45) is 0. The molecule has 0 aliphatic rings. The number of amides is 2. The van der Waals surface area contributed by atoms with Gasteiger partial charge >= 0.3 is 0 Å². The molecule has 0 saturated carbocycles. The Balaban J connectivity index is 2.04. The van der Waals surface area contributed by atoms with Crippen LogP contribution in [-0.4, -0.2) is 21.6 Å². The van der Waals surface area contributed by atoms with E-state index in [-0.39, 0.29) is 11.8 Å². The van der Waals surface area contributed by atoms with Crippen LogP contribution in [0.2, 0.25) is 0 Å². The Morgan fingerprint density at radius 2 is 1.67 bits per heavy atom. The zero-order valence-corrected chi connectivity index (χ0v) is 13.5. The summed E-state index contributed by atoms with van der Waals surface area (Å²) in [6.45, 7) is 3.55. The molecule has 6 nitrogen and oxygen atoms in total. The SMILES string of the molecule is Cc1nn(C)c(C)c1C(=O)NNC(=O)c1ccc(Br)cc1. The fourth-order valence-electron chi connectivity index (χ4n) is 1.95. The van der Waals surface area contributed by atoms with Crippen molar-refractivity contribution in [2.75, 3.05) is 0 Å². The first-order chi connectivity index (χ1) is 9.90. The number of hydrogen-bond acceptors (Lipinski definition) is 3. The Labute approximate surface area is 130 Å². The number of aryl methyl sites for hydroxylation is 2. The van der Waals surface area contributed by atoms with Gasteiger partial charge in [0.05, 0.1) is 11.3 Å². The minimum Gasteiger partial charge on any atom is -0.272 e. The fraction of sp³-hybridized carbons (Fsp3) is 0.214. The van der Waals surface area contributed by atoms with Crippen molar-refractivity contribution in [1.82, 2.24) is 20.6 Å². The van der Waals surface area contributed by atoms with E-state index < -0.39 is 0 Å². The van der Waals surface area contributed by atoms with Gasteiger partial charge < -0.3 is 0 Å². The molecule has 0 aliphatic carbocycles. The van der Waals surface area contributed by atoms with Crippen molar-refractivity contribution in [2.45, 2.75) is 13.8 Å². The summed E-state index contributed by atoms with van der Waals surface area (Å²) in [6, 6.07) is 6.83. The monoisotopic (exact) mass is 350 g/mol. The van der Waals surface area contributed by atoms with E-state index in [4.69, 9.17) is 0 Å². The van der Waals surface area contributed by atoms with Crippen molar-refractivity contribution in [2.24, 2.45) is 7.05 Å². The predicted molar refractivity (Wildman–Crippen MR) is 81.8 cm³/mol. The second kappa shape index (κ2) is 6.09. The fourth-order valence-corrected chi connectivity index (χ4v) is 2.22. The number of halogens is 1. The zero-order valence-electron chi connectivity index (χ0n) is 11.9. The van der Waals surface area contributed by atoms with Gasteiger partial charge in [0.15, 0.2) is 0 Å². The highest BCUT2D eigenvalue weighted by Crippen LogP contribution is 2.12. The number of nitrogens with zero attached hydrogens (tertiary/aromatic N) is 2. The lowest BCUT2D eigenvalue weighted by Crippen LogP contribution is -2.42. The van der Waals surface area contributed by atoms with Gasteiger partial charge in [-0.15, -0.1) is 0 Å². The molecule has 2 amide bonds. The third-order valence-electron chi connectivity index (χ3n) is 3.13. The van der Waals surface area contributed by atoms with E-state index in [1.165, 1.54) is 0 Å². The first kappa shape index (κ1) is 15.2. The standard InChI is InChI=1S/C14H15BrN4O2/c1-8-12(9(2)19(3)18-8)14(21)17-16-13(20)10-4-6-11(15)7-5-10/h4-7H,1-3H3,(H,16,20)(H,17,21). The number of aromatic nitrogens is 2. The maximum atomic E-state index is 12.1. The lowest BCUT2D eigenvalue weighted by molar-refractivity contribution is 0.0846. The molecule has 0 atom stereocenters. The summed E-state index contributed by atoms with van der Waals surface area (Å²) in [5.41, 5.74) is 7.07. The van der Waals surface area contributed by atoms with Crippen LogP contribution < -0.4 is 10.9 Å². The van der Waals surface area contributed by atoms with Crippen LogP contribution in [0.25, 0.3) is 0 Å². The molecule has 1 aromatic carbocycles. The van der Waals surface area contributed by atoms with Gasteiger partial charge in [0.2, 0.25) is 0 Å². The summed E-state index contributed by atoms with van der Waals surface area (Å²) in [7, 11) is 1.76. The van der Waals surface area contributed by atoms with Crippen LogP contribution in [0.4, 0.5) is 0 Å². The molecule has 0 fully saturated rings. The molecular formula is C14H15BrN4O2. The number of nitrogens with one attached hydrogen (secondary N) is 2. The van der Waals surface area contributed by atoms with Gasteiger partial charge in [0.25, 0.3) is 11.8 Å². The van der Waals surface area contributed by atoms with Gasteiger partial charge in [-0.2, -0.15) is 5.10 Å². The smallest absolute Gasteiger partial charge is 0.272 e. The molecular weight excluding hydrogens is 336 g/mol. The Kier molecular flexibility index (Phi) is 4.42. The maximum absolute atomic E-state index is 12.1. The van der Waals surface area contributed by atoms with Crippen molar-refractivity contribution in [3.05, 3.63) is 51.3 Å². The van der Waals surface area contributed by atoms with Crippen LogP contribution in [0.3, 0.4) is 0 Å². The van der Waals surface area contributed by atoms with E-state index in [1.807, 2.05) is 0 Å². The zero-order chi connectivity index (χ0) is 15.6. The molecule has 0 aliphatic heterocycles. The van der Waals surface area contributed by atoms with E-state index in [0.717, 1.165) is 10.2 Å². The quantitative estimate of drug-likeness (QED) is 0.811. The molecule has 2 N–H and O–H groups in total. The average Bonchev–Trinajstić information content (AvgIpc) is 2.70.